The highest BCUT2D eigenvalue weighted by molar-refractivity contribution is 7.10. The number of carbonyl (C=O) groups excluding carboxylic acids is 1. The van der Waals surface area contributed by atoms with E-state index in [4.69, 9.17) is 9.47 Å². The number of carbonyl (C=O) groups is 1. The van der Waals surface area contributed by atoms with E-state index < -0.39 is 18.1 Å². The van der Waals surface area contributed by atoms with E-state index in [1.165, 1.54) is 12.0 Å². The van der Waals surface area contributed by atoms with E-state index in [1.807, 2.05) is 23.6 Å². The second-order valence-electron chi connectivity index (χ2n) is 7.10. The number of fused-ring (bicyclic) bond motifs is 1. The van der Waals surface area contributed by atoms with Crippen LogP contribution in [-0.2, 0) is 17.6 Å². The van der Waals surface area contributed by atoms with Gasteiger partial charge in [-0.2, -0.15) is 13.2 Å². The molecule has 0 saturated heterocycles. The Kier molecular flexibility index (Phi) is 6.41. The maximum absolute atomic E-state index is 12.9. The number of aryl methyl sites for hydroxylation is 2. The summed E-state index contributed by atoms with van der Waals surface area (Å²) in [5.41, 5.74) is 2.77. The molecular weight excluding hydrogens is 403 g/mol. The van der Waals surface area contributed by atoms with Crippen molar-refractivity contribution in [3.63, 3.8) is 0 Å². The van der Waals surface area contributed by atoms with Crippen LogP contribution in [0.4, 0.5) is 13.2 Å². The predicted octanol–water partition coefficient (Wildman–Crippen LogP) is 4.84. The maximum Gasteiger partial charge on any atom is 0.471 e. The van der Waals surface area contributed by atoms with Gasteiger partial charge < -0.3 is 14.8 Å². The third kappa shape index (κ3) is 4.52. The van der Waals surface area contributed by atoms with Crippen molar-refractivity contribution >= 4 is 17.2 Å². The molecule has 2 aromatic rings. The Hall–Kier alpha value is -2.22. The molecule has 0 fully saturated rings. The second-order valence-corrected chi connectivity index (χ2v) is 8.09. The Morgan fingerprint density at radius 3 is 2.52 bits per heavy atom. The third-order valence-corrected chi connectivity index (χ3v) is 6.23. The van der Waals surface area contributed by atoms with Crippen molar-refractivity contribution in [3.05, 3.63) is 45.1 Å². The number of nitrogens with one attached hydrogen (secondary N) is 1. The third-order valence-electron chi connectivity index (χ3n) is 5.21. The molecule has 1 unspecified atom stereocenters. The van der Waals surface area contributed by atoms with E-state index >= 15 is 0 Å². The number of hydrogen-bond acceptors (Lipinski definition) is 4. The van der Waals surface area contributed by atoms with E-state index in [0.29, 0.717) is 24.3 Å². The van der Waals surface area contributed by atoms with Gasteiger partial charge in [0.2, 0.25) is 0 Å². The van der Waals surface area contributed by atoms with Gasteiger partial charge in [-0.1, -0.05) is 13.3 Å². The highest BCUT2D eigenvalue weighted by atomic mass is 32.1. The first-order valence-corrected chi connectivity index (χ1v) is 10.4. The molecule has 1 heterocycles. The van der Waals surface area contributed by atoms with E-state index in [9.17, 15) is 18.0 Å². The molecular formula is C21H24F3NO3S. The number of alkyl halides is 3. The molecule has 1 aromatic carbocycles. The topological polar surface area (TPSA) is 47.6 Å². The maximum atomic E-state index is 12.9. The number of thiophene rings is 1. The van der Waals surface area contributed by atoms with Crippen molar-refractivity contribution < 1.29 is 27.4 Å². The van der Waals surface area contributed by atoms with Crippen LogP contribution in [0.15, 0.2) is 23.6 Å². The number of methoxy groups -OCH3 is 2. The normalized spacial score (nSPS) is 18.8. The molecule has 0 spiro atoms. The monoisotopic (exact) mass is 427 g/mol. The molecule has 1 aliphatic rings. The molecule has 3 rings (SSSR count). The SMILES string of the molecule is CCCc1cc([C@H]2c3cc(OC)c(OC)cc3CCC2NC(=O)C(F)(F)F)cs1. The molecule has 0 aliphatic heterocycles. The van der Waals surface area contributed by atoms with Gasteiger partial charge in [-0.15, -0.1) is 11.3 Å². The molecule has 1 aromatic heterocycles. The van der Waals surface area contributed by atoms with Gasteiger partial charge in [0.15, 0.2) is 11.5 Å². The first-order chi connectivity index (χ1) is 13.8. The smallest absolute Gasteiger partial charge is 0.471 e. The summed E-state index contributed by atoms with van der Waals surface area (Å²) < 4.78 is 49.5. The first kappa shape index (κ1) is 21.5. The largest absolute Gasteiger partial charge is 0.493 e. The summed E-state index contributed by atoms with van der Waals surface area (Å²) >= 11 is 1.60. The molecule has 1 aliphatic carbocycles. The van der Waals surface area contributed by atoms with Crippen molar-refractivity contribution in [2.45, 2.75) is 50.7 Å². The van der Waals surface area contributed by atoms with E-state index in [-0.39, 0.29) is 5.92 Å². The Labute approximate surface area is 172 Å². The zero-order chi connectivity index (χ0) is 21.2. The van der Waals surface area contributed by atoms with E-state index in [1.54, 1.807) is 18.4 Å². The summed E-state index contributed by atoms with van der Waals surface area (Å²) in [5.74, 6) is -1.19. The second kappa shape index (κ2) is 8.65. The average Bonchev–Trinajstić information content (AvgIpc) is 3.14. The molecule has 0 bridgehead atoms. The molecule has 0 radical (unpaired) electrons. The van der Waals surface area contributed by atoms with E-state index in [0.717, 1.165) is 29.5 Å². The molecule has 2 atom stereocenters. The number of ether oxygens (including phenoxy) is 2. The van der Waals surface area contributed by atoms with Crippen LogP contribution in [0, 0.1) is 0 Å². The molecule has 8 heteroatoms. The Morgan fingerprint density at radius 2 is 1.90 bits per heavy atom. The van der Waals surface area contributed by atoms with Crippen molar-refractivity contribution in [3.8, 4) is 11.5 Å². The Morgan fingerprint density at radius 1 is 1.21 bits per heavy atom. The van der Waals surface area contributed by atoms with Crippen molar-refractivity contribution in [2.24, 2.45) is 0 Å². The minimum absolute atomic E-state index is 0.383. The summed E-state index contributed by atoms with van der Waals surface area (Å²) in [4.78, 5) is 12.9. The number of hydrogen-bond donors (Lipinski definition) is 1. The van der Waals surface area contributed by atoms with Crippen LogP contribution in [0.1, 0.15) is 47.3 Å². The van der Waals surface area contributed by atoms with Gasteiger partial charge in [0.1, 0.15) is 0 Å². The van der Waals surface area contributed by atoms with Gasteiger partial charge >= 0.3 is 12.1 Å². The van der Waals surface area contributed by atoms with Crippen LogP contribution in [-0.4, -0.2) is 32.3 Å². The molecule has 1 amide bonds. The number of amides is 1. The zero-order valence-electron chi connectivity index (χ0n) is 16.6. The van der Waals surface area contributed by atoms with Gasteiger partial charge in [0.25, 0.3) is 0 Å². The van der Waals surface area contributed by atoms with Crippen molar-refractivity contribution in [1.82, 2.24) is 5.32 Å². The van der Waals surface area contributed by atoms with E-state index in [2.05, 4.69) is 12.2 Å². The minimum Gasteiger partial charge on any atom is -0.493 e. The summed E-state index contributed by atoms with van der Waals surface area (Å²) in [6.07, 6.45) is -2.06. The summed E-state index contributed by atoms with van der Waals surface area (Å²) in [6.45, 7) is 2.08. The summed E-state index contributed by atoms with van der Waals surface area (Å²) in [5, 5.41) is 4.20. The lowest BCUT2D eigenvalue weighted by Gasteiger charge is -2.35. The van der Waals surface area contributed by atoms with Gasteiger partial charge in [0.05, 0.1) is 14.2 Å². The molecule has 29 heavy (non-hydrogen) atoms. The molecule has 4 nitrogen and oxygen atoms in total. The van der Waals surface area contributed by atoms with Crippen LogP contribution in [0.25, 0.3) is 0 Å². The fraction of sp³-hybridized carbons (Fsp3) is 0.476. The average molecular weight is 427 g/mol. The summed E-state index contributed by atoms with van der Waals surface area (Å²) in [6, 6.07) is 5.08. The Balaban J connectivity index is 2.06. The summed E-state index contributed by atoms with van der Waals surface area (Å²) in [7, 11) is 3.07. The molecule has 158 valence electrons. The van der Waals surface area contributed by atoms with Crippen LogP contribution in [0.5, 0.6) is 11.5 Å². The van der Waals surface area contributed by atoms with Crippen LogP contribution >= 0.6 is 11.3 Å². The first-order valence-electron chi connectivity index (χ1n) is 9.48. The quantitative estimate of drug-likeness (QED) is 0.718. The molecule has 0 saturated carbocycles. The lowest BCUT2D eigenvalue weighted by atomic mass is 9.76. The van der Waals surface area contributed by atoms with Gasteiger partial charge in [0, 0.05) is 16.8 Å². The number of rotatable bonds is 6. The van der Waals surface area contributed by atoms with Crippen molar-refractivity contribution in [1.29, 1.82) is 0 Å². The number of benzene rings is 1. The minimum atomic E-state index is -4.91. The van der Waals surface area contributed by atoms with Crippen LogP contribution in [0.2, 0.25) is 0 Å². The lowest BCUT2D eigenvalue weighted by Crippen LogP contribution is -2.47. The van der Waals surface area contributed by atoms with Gasteiger partial charge in [-0.25, -0.2) is 0 Å². The van der Waals surface area contributed by atoms with Crippen molar-refractivity contribution in [2.75, 3.05) is 14.2 Å². The zero-order valence-corrected chi connectivity index (χ0v) is 17.4. The van der Waals surface area contributed by atoms with Crippen LogP contribution < -0.4 is 14.8 Å². The fourth-order valence-corrected chi connectivity index (χ4v) is 4.92. The predicted molar refractivity (Wildman–Crippen MR) is 106 cm³/mol. The standard InChI is InChI=1S/C21H24F3NO3S/c1-4-5-14-8-13(11-29-14)19-15-10-18(28-3)17(27-2)9-12(15)6-7-16(19)25-20(26)21(22,23)24/h8-11,16,19H,4-7H2,1-3H3,(H,25,26)/t16?,19-/m0/s1. The lowest BCUT2D eigenvalue weighted by molar-refractivity contribution is -0.174. The number of halogens is 3. The Bertz CT molecular complexity index is 879. The highest BCUT2D eigenvalue weighted by Crippen LogP contribution is 2.43. The fourth-order valence-electron chi connectivity index (χ4n) is 3.89. The molecule has 1 N–H and O–H groups in total. The highest BCUT2D eigenvalue weighted by Gasteiger charge is 2.42. The van der Waals surface area contributed by atoms with Crippen LogP contribution in [0.3, 0.4) is 0 Å². The van der Waals surface area contributed by atoms with Gasteiger partial charge in [-0.3, -0.25) is 4.79 Å². The van der Waals surface area contributed by atoms with Gasteiger partial charge in [-0.05, 0) is 59.5 Å².